The molecule has 3 heteroatoms. The lowest BCUT2D eigenvalue weighted by atomic mass is 10.1. The molecule has 0 saturated heterocycles. The maximum atomic E-state index is 11.9. The summed E-state index contributed by atoms with van der Waals surface area (Å²) in [4.78, 5) is 11.9. The molecule has 2 rings (SSSR count). The standard InChI is InChI=1S/C14H20N2O/c1-9-6-12(9)8-16-14(17)11-4-5-13(15-3)10(2)7-11/h4-5,7,9,12,15H,6,8H2,1-3H3,(H,16,17). The number of carbonyl (C=O) groups is 1. The minimum absolute atomic E-state index is 0.0369. The van der Waals surface area contributed by atoms with Crippen LogP contribution < -0.4 is 10.6 Å². The van der Waals surface area contributed by atoms with Crippen molar-refractivity contribution in [3.63, 3.8) is 0 Å². The lowest BCUT2D eigenvalue weighted by Gasteiger charge is -2.08. The van der Waals surface area contributed by atoms with Crippen molar-refractivity contribution in [1.29, 1.82) is 0 Å². The molecule has 3 nitrogen and oxygen atoms in total. The first-order valence-corrected chi connectivity index (χ1v) is 6.18. The van der Waals surface area contributed by atoms with Crippen LogP contribution in [0.5, 0.6) is 0 Å². The first kappa shape index (κ1) is 12.0. The molecule has 0 aromatic heterocycles. The molecule has 1 saturated carbocycles. The minimum atomic E-state index is 0.0369. The highest BCUT2D eigenvalue weighted by molar-refractivity contribution is 5.94. The van der Waals surface area contributed by atoms with E-state index in [1.54, 1.807) is 0 Å². The van der Waals surface area contributed by atoms with Crippen molar-refractivity contribution < 1.29 is 4.79 Å². The van der Waals surface area contributed by atoms with Crippen LogP contribution in [0.1, 0.15) is 29.3 Å². The number of carbonyl (C=O) groups excluding carboxylic acids is 1. The fourth-order valence-electron chi connectivity index (χ4n) is 2.09. The van der Waals surface area contributed by atoms with Crippen molar-refractivity contribution in [1.82, 2.24) is 5.32 Å². The molecule has 2 atom stereocenters. The molecule has 2 N–H and O–H groups in total. The van der Waals surface area contributed by atoms with Crippen molar-refractivity contribution in [3.8, 4) is 0 Å². The number of hydrogen-bond donors (Lipinski definition) is 2. The molecule has 1 amide bonds. The van der Waals surface area contributed by atoms with Gasteiger partial charge in [-0.1, -0.05) is 6.92 Å². The molecule has 1 aromatic carbocycles. The second-order valence-electron chi connectivity index (χ2n) is 4.96. The predicted molar refractivity (Wildman–Crippen MR) is 70.3 cm³/mol. The van der Waals surface area contributed by atoms with Gasteiger partial charge in [-0.25, -0.2) is 0 Å². The summed E-state index contributed by atoms with van der Waals surface area (Å²) < 4.78 is 0. The van der Waals surface area contributed by atoms with Crippen molar-refractivity contribution in [3.05, 3.63) is 29.3 Å². The highest BCUT2D eigenvalue weighted by Crippen LogP contribution is 2.36. The van der Waals surface area contributed by atoms with E-state index >= 15 is 0 Å². The number of rotatable bonds is 4. The van der Waals surface area contributed by atoms with E-state index in [1.165, 1.54) is 6.42 Å². The van der Waals surface area contributed by atoms with Crippen molar-refractivity contribution in [2.45, 2.75) is 20.3 Å². The van der Waals surface area contributed by atoms with Gasteiger partial charge in [0.1, 0.15) is 0 Å². The van der Waals surface area contributed by atoms with Crippen LogP contribution >= 0.6 is 0 Å². The molecule has 1 fully saturated rings. The van der Waals surface area contributed by atoms with E-state index < -0.39 is 0 Å². The van der Waals surface area contributed by atoms with Crippen molar-refractivity contribution in [2.24, 2.45) is 11.8 Å². The molecule has 0 bridgehead atoms. The Balaban J connectivity index is 1.96. The number of hydrogen-bond acceptors (Lipinski definition) is 2. The topological polar surface area (TPSA) is 41.1 Å². The van der Waals surface area contributed by atoms with Gasteiger partial charge >= 0.3 is 0 Å². The van der Waals surface area contributed by atoms with E-state index in [0.717, 1.165) is 29.3 Å². The summed E-state index contributed by atoms with van der Waals surface area (Å²) in [5, 5.41) is 6.09. The third-order valence-electron chi connectivity index (χ3n) is 3.56. The Kier molecular flexibility index (Phi) is 3.36. The van der Waals surface area contributed by atoms with Gasteiger partial charge in [-0.3, -0.25) is 4.79 Å². The summed E-state index contributed by atoms with van der Waals surface area (Å²) in [5.74, 6) is 1.51. The third kappa shape index (κ3) is 2.78. The zero-order valence-electron chi connectivity index (χ0n) is 10.7. The Morgan fingerprint density at radius 1 is 1.47 bits per heavy atom. The Labute approximate surface area is 103 Å². The quantitative estimate of drug-likeness (QED) is 0.837. The number of anilines is 1. The molecule has 92 valence electrons. The fourth-order valence-corrected chi connectivity index (χ4v) is 2.09. The van der Waals surface area contributed by atoms with Crippen LogP contribution in [-0.4, -0.2) is 19.5 Å². The highest BCUT2D eigenvalue weighted by Gasteiger charge is 2.32. The molecule has 0 radical (unpaired) electrons. The van der Waals surface area contributed by atoms with Crippen LogP contribution in [0.15, 0.2) is 18.2 Å². The number of benzene rings is 1. The zero-order chi connectivity index (χ0) is 12.4. The maximum absolute atomic E-state index is 11.9. The van der Waals surface area contributed by atoms with Crippen LogP contribution in [0.2, 0.25) is 0 Å². The van der Waals surface area contributed by atoms with E-state index in [4.69, 9.17) is 0 Å². The van der Waals surface area contributed by atoms with Gasteiger partial charge in [0, 0.05) is 24.8 Å². The van der Waals surface area contributed by atoms with Crippen LogP contribution in [0.4, 0.5) is 5.69 Å². The SMILES string of the molecule is CNc1ccc(C(=O)NCC2CC2C)cc1C. The van der Waals surface area contributed by atoms with Gasteiger partial charge in [-0.15, -0.1) is 0 Å². The second-order valence-corrected chi connectivity index (χ2v) is 4.96. The van der Waals surface area contributed by atoms with Crippen LogP contribution in [0.25, 0.3) is 0 Å². The van der Waals surface area contributed by atoms with Gasteiger partial charge < -0.3 is 10.6 Å². The minimum Gasteiger partial charge on any atom is -0.388 e. The first-order chi connectivity index (χ1) is 8.11. The van der Waals surface area contributed by atoms with Crippen molar-refractivity contribution >= 4 is 11.6 Å². The smallest absolute Gasteiger partial charge is 0.251 e. The fraction of sp³-hybridized carbons (Fsp3) is 0.500. The molecule has 0 aliphatic heterocycles. The Hall–Kier alpha value is -1.51. The van der Waals surface area contributed by atoms with E-state index in [9.17, 15) is 4.79 Å². The molecule has 1 aromatic rings. The van der Waals surface area contributed by atoms with Gasteiger partial charge in [0.2, 0.25) is 0 Å². The molecular weight excluding hydrogens is 212 g/mol. The van der Waals surface area contributed by atoms with E-state index in [-0.39, 0.29) is 5.91 Å². The summed E-state index contributed by atoms with van der Waals surface area (Å²) in [6, 6.07) is 5.74. The molecule has 1 aliphatic rings. The van der Waals surface area contributed by atoms with Crippen LogP contribution in [0, 0.1) is 18.8 Å². The van der Waals surface area contributed by atoms with Crippen LogP contribution in [0.3, 0.4) is 0 Å². The maximum Gasteiger partial charge on any atom is 0.251 e. The normalized spacial score (nSPS) is 22.1. The first-order valence-electron chi connectivity index (χ1n) is 6.18. The molecule has 17 heavy (non-hydrogen) atoms. The molecule has 2 unspecified atom stereocenters. The molecule has 1 aliphatic carbocycles. The average Bonchev–Trinajstić information content (AvgIpc) is 3.02. The molecular formula is C14H20N2O. The lowest BCUT2D eigenvalue weighted by molar-refractivity contribution is 0.0951. The van der Waals surface area contributed by atoms with Crippen LogP contribution in [-0.2, 0) is 0 Å². The van der Waals surface area contributed by atoms with Gasteiger partial charge in [0.25, 0.3) is 5.91 Å². The zero-order valence-corrected chi connectivity index (χ0v) is 10.7. The summed E-state index contributed by atoms with van der Waals surface area (Å²) in [7, 11) is 1.89. The van der Waals surface area contributed by atoms with Gasteiger partial charge in [0.15, 0.2) is 0 Å². The summed E-state index contributed by atoms with van der Waals surface area (Å²) >= 11 is 0. The Bertz CT molecular complexity index is 428. The summed E-state index contributed by atoms with van der Waals surface area (Å²) in [6.45, 7) is 5.04. The summed E-state index contributed by atoms with van der Waals surface area (Å²) in [6.07, 6.45) is 1.25. The second kappa shape index (κ2) is 4.78. The Morgan fingerprint density at radius 2 is 2.18 bits per heavy atom. The van der Waals surface area contributed by atoms with Gasteiger partial charge in [0.05, 0.1) is 0 Å². The number of nitrogens with one attached hydrogen (secondary N) is 2. The third-order valence-corrected chi connectivity index (χ3v) is 3.56. The largest absolute Gasteiger partial charge is 0.388 e. The average molecular weight is 232 g/mol. The number of amides is 1. The lowest BCUT2D eigenvalue weighted by Crippen LogP contribution is -2.25. The van der Waals surface area contributed by atoms with Gasteiger partial charge in [-0.2, -0.15) is 0 Å². The summed E-state index contributed by atoms with van der Waals surface area (Å²) in [5.41, 5.74) is 2.91. The number of aryl methyl sites for hydroxylation is 1. The van der Waals surface area contributed by atoms with E-state index in [0.29, 0.717) is 5.92 Å². The van der Waals surface area contributed by atoms with E-state index in [2.05, 4.69) is 17.6 Å². The molecule has 0 heterocycles. The molecule has 0 spiro atoms. The monoisotopic (exact) mass is 232 g/mol. The van der Waals surface area contributed by atoms with Crippen molar-refractivity contribution in [2.75, 3.05) is 18.9 Å². The van der Waals surface area contributed by atoms with Gasteiger partial charge in [-0.05, 0) is 48.9 Å². The van der Waals surface area contributed by atoms with E-state index in [1.807, 2.05) is 32.2 Å². The highest BCUT2D eigenvalue weighted by atomic mass is 16.1. The Morgan fingerprint density at radius 3 is 2.71 bits per heavy atom. The predicted octanol–water partition coefficient (Wildman–Crippen LogP) is 2.42.